The van der Waals surface area contributed by atoms with E-state index in [-0.39, 0.29) is 0 Å². The van der Waals surface area contributed by atoms with Gasteiger partial charge >= 0.3 is 0 Å². The second-order valence-electron chi connectivity index (χ2n) is 5.56. The molecule has 2 rings (SSSR count). The van der Waals surface area contributed by atoms with E-state index >= 15 is 0 Å². The van der Waals surface area contributed by atoms with E-state index in [1.54, 1.807) is 7.11 Å². The van der Waals surface area contributed by atoms with E-state index in [1.165, 1.54) is 37.8 Å². The first-order valence-corrected chi connectivity index (χ1v) is 7.61. The molecule has 0 radical (unpaired) electrons. The summed E-state index contributed by atoms with van der Waals surface area (Å²) in [5.74, 6) is 2.03. The van der Waals surface area contributed by atoms with E-state index in [4.69, 9.17) is 10.5 Å². The van der Waals surface area contributed by atoms with Gasteiger partial charge in [-0.25, -0.2) is 0 Å². The quantitative estimate of drug-likeness (QED) is 0.833. The average Bonchev–Trinajstić information content (AvgIpc) is 2.68. The van der Waals surface area contributed by atoms with Gasteiger partial charge in [0.05, 0.1) is 19.0 Å². The fraction of sp³-hybridized carbons (Fsp3) is 0.800. The largest absolute Gasteiger partial charge is 0.493 e. The Balaban J connectivity index is 2.32. The SMILES string of the molecule is CCCn1ncc(OC)c1C1CCCCCC1CN. The van der Waals surface area contributed by atoms with Gasteiger partial charge in [-0.1, -0.05) is 26.2 Å². The standard InChI is InChI=1S/C15H27N3O/c1-3-9-18-15(14(19-2)11-17-18)13-8-6-4-5-7-12(13)10-16/h11-13H,3-10,16H2,1-2H3. The fourth-order valence-corrected chi connectivity index (χ4v) is 3.33. The normalized spacial score (nSPS) is 24.2. The predicted octanol–water partition coefficient (Wildman–Crippen LogP) is 2.92. The highest BCUT2D eigenvalue weighted by atomic mass is 16.5. The van der Waals surface area contributed by atoms with Crippen LogP contribution >= 0.6 is 0 Å². The van der Waals surface area contributed by atoms with Gasteiger partial charge in [0.2, 0.25) is 0 Å². The summed E-state index contributed by atoms with van der Waals surface area (Å²) in [6, 6.07) is 0. The lowest BCUT2D eigenvalue weighted by atomic mass is 9.85. The third-order valence-corrected chi connectivity index (χ3v) is 4.31. The van der Waals surface area contributed by atoms with Crippen LogP contribution in [0, 0.1) is 5.92 Å². The van der Waals surface area contributed by atoms with Crippen LogP contribution in [0.3, 0.4) is 0 Å². The lowest BCUT2D eigenvalue weighted by molar-refractivity contribution is 0.354. The van der Waals surface area contributed by atoms with E-state index in [0.29, 0.717) is 11.8 Å². The number of aryl methyl sites for hydroxylation is 1. The van der Waals surface area contributed by atoms with Crippen LogP contribution in [0.1, 0.15) is 57.1 Å². The highest BCUT2D eigenvalue weighted by molar-refractivity contribution is 5.29. The first kappa shape index (κ1) is 14.4. The molecule has 1 aliphatic rings. The third-order valence-electron chi connectivity index (χ3n) is 4.31. The molecule has 2 unspecified atom stereocenters. The molecular weight excluding hydrogens is 238 g/mol. The molecular formula is C15H27N3O. The van der Waals surface area contributed by atoms with Crippen LogP contribution < -0.4 is 10.5 Å². The zero-order chi connectivity index (χ0) is 13.7. The van der Waals surface area contributed by atoms with Crippen LogP contribution in [0.25, 0.3) is 0 Å². The highest BCUT2D eigenvalue weighted by Crippen LogP contribution is 2.40. The number of methoxy groups -OCH3 is 1. The monoisotopic (exact) mass is 265 g/mol. The molecule has 0 aromatic carbocycles. The zero-order valence-corrected chi connectivity index (χ0v) is 12.3. The summed E-state index contributed by atoms with van der Waals surface area (Å²) in [5.41, 5.74) is 7.29. The topological polar surface area (TPSA) is 53.1 Å². The summed E-state index contributed by atoms with van der Waals surface area (Å²) < 4.78 is 7.67. The lowest BCUT2D eigenvalue weighted by Gasteiger charge is -2.25. The Hall–Kier alpha value is -1.03. The number of ether oxygens (including phenoxy) is 1. The van der Waals surface area contributed by atoms with Crippen LogP contribution in [0.15, 0.2) is 6.20 Å². The van der Waals surface area contributed by atoms with Crippen molar-refractivity contribution in [3.8, 4) is 5.75 Å². The van der Waals surface area contributed by atoms with Crippen molar-refractivity contribution in [1.82, 2.24) is 9.78 Å². The minimum atomic E-state index is 0.511. The molecule has 108 valence electrons. The molecule has 1 heterocycles. The first-order valence-electron chi connectivity index (χ1n) is 7.61. The molecule has 0 saturated heterocycles. The van der Waals surface area contributed by atoms with Crippen LogP contribution in [0.5, 0.6) is 5.75 Å². The van der Waals surface area contributed by atoms with Crippen LogP contribution in [0.2, 0.25) is 0 Å². The molecule has 0 spiro atoms. The van der Waals surface area contributed by atoms with E-state index in [0.717, 1.165) is 25.3 Å². The Morgan fingerprint density at radius 2 is 2.16 bits per heavy atom. The Morgan fingerprint density at radius 3 is 2.84 bits per heavy atom. The Kier molecular flexibility index (Phi) is 5.25. The lowest BCUT2D eigenvalue weighted by Crippen LogP contribution is -2.24. The molecule has 1 saturated carbocycles. The van der Waals surface area contributed by atoms with Gasteiger partial charge in [0, 0.05) is 12.5 Å². The molecule has 19 heavy (non-hydrogen) atoms. The highest BCUT2D eigenvalue weighted by Gasteiger charge is 2.29. The van der Waals surface area contributed by atoms with Gasteiger partial charge < -0.3 is 10.5 Å². The molecule has 4 heteroatoms. The maximum Gasteiger partial charge on any atom is 0.160 e. The van der Waals surface area contributed by atoms with Crippen molar-refractivity contribution in [3.63, 3.8) is 0 Å². The number of rotatable bonds is 5. The van der Waals surface area contributed by atoms with Gasteiger partial charge in [-0.05, 0) is 31.7 Å². The average molecular weight is 265 g/mol. The molecule has 1 aromatic heterocycles. The van der Waals surface area contributed by atoms with Gasteiger partial charge in [-0.2, -0.15) is 5.10 Å². The molecule has 0 bridgehead atoms. The molecule has 0 amide bonds. The maximum atomic E-state index is 6.01. The third kappa shape index (κ3) is 3.11. The number of hydrogen-bond acceptors (Lipinski definition) is 3. The summed E-state index contributed by atoms with van der Waals surface area (Å²) in [5, 5.41) is 4.50. The Bertz CT molecular complexity index is 389. The summed E-state index contributed by atoms with van der Waals surface area (Å²) in [6.45, 7) is 3.92. The number of hydrogen-bond donors (Lipinski definition) is 1. The summed E-state index contributed by atoms with van der Waals surface area (Å²) >= 11 is 0. The van der Waals surface area contributed by atoms with E-state index in [1.807, 2.05) is 6.20 Å². The van der Waals surface area contributed by atoms with Gasteiger partial charge in [-0.15, -0.1) is 0 Å². The van der Waals surface area contributed by atoms with Gasteiger partial charge in [0.1, 0.15) is 0 Å². The molecule has 1 aliphatic carbocycles. The number of nitrogens with two attached hydrogens (primary N) is 1. The zero-order valence-electron chi connectivity index (χ0n) is 12.3. The minimum Gasteiger partial charge on any atom is -0.493 e. The van der Waals surface area contributed by atoms with Gasteiger partial charge in [0.15, 0.2) is 5.75 Å². The summed E-state index contributed by atoms with van der Waals surface area (Å²) in [6.07, 6.45) is 9.35. The molecule has 1 fully saturated rings. The summed E-state index contributed by atoms with van der Waals surface area (Å²) in [7, 11) is 1.74. The van der Waals surface area contributed by atoms with Gasteiger partial charge in [-0.3, -0.25) is 4.68 Å². The van der Waals surface area contributed by atoms with E-state index in [9.17, 15) is 0 Å². The number of aromatic nitrogens is 2. The molecule has 2 atom stereocenters. The number of nitrogens with zero attached hydrogens (tertiary/aromatic N) is 2. The minimum absolute atomic E-state index is 0.511. The second kappa shape index (κ2) is 6.94. The Morgan fingerprint density at radius 1 is 1.37 bits per heavy atom. The maximum absolute atomic E-state index is 6.01. The van der Waals surface area contributed by atoms with Crippen LogP contribution in [-0.4, -0.2) is 23.4 Å². The van der Waals surface area contributed by atoms with Crippen molar-refractivity contribution in [3.05, 3.63) is 11.9 Å². The molecule has 2 N–H and O–H groups in total. The Labute approximate surface area is 116 Å². The van der Waals surface area contributed by atoms with Crippen molar-refractivity contribution in [2.75, 3.05) is 13.7 Å². The smallest absolute Gasteiger partial charge is 0.160 e. The second-order valence-corrected chi connectivity index (χ2v) is 5.56. The predicted molar refractivity (Wildman–Crippen MR) is 77.4 cm³/mol. The molecule has 4 nitrogen and oxygen atoms in total. The van der Waals surface area contributed by atoms with E-state index in [2.05, 4.69) is 16.7 Å². The van der Waals surface area contributed by atoms with E-state index < -0.39 is 0 Å². The van der Waals surface area contributed by atoms with Crippen molar-refractivity contribution in [1.29, 1.82) is 0 Å². The van der Waals surface area contributed by atoms with Crippen molar-refractivity contribution >= 4 is 0 Å². The first-order chi connectivity index (χ1) is 9.31. The molecule has 1 aromatic rings. The fourth-order valence-electron chi connectivity index (χ4n) is 3.33. The molecule has 0 aliphatic heterocycles. The summed E-state index contributed by atoms with van der Waals surface area (Å²) in [4.78, 5) is 0. The van der Waals surface area contributed by atoms with Crippen molar-refractivity contribution in [2.45, 2.75) is 57.9 Å². The van der Waals surface area contributed by atoms with Crippen LogP contribution in [0.4, 0.5) is 0 Å². The van der Waals surface area contributed by atoms with Crippen molar-refractivity contribution in [2.24, 2.45) is 11.7 Å². The van der Waals surface area contributed by atoms with Crippen LogP contribution in [-0.2, 0) is 6.54 Å². The van der Waals surface area contributed by atoms with Gasteiger partial charge in [0.25, 0.3) is 0 Å². The van der Waals surface area contributed by atoms with Crippen molar-refractivity contribution < 1.29 is 4.74 Å².